The highest BCUT2D eigenvalue weighted by molar-refractivity contribution is 9.10. The van der Waals surface area contributed by atoms with E-state index in [1.807, 2.05) is 14.0 Å². The Balaban J connectivity index is 2.27. The smallest absolute Gasteiger partial charge is 0.146 e. The highest BCUT2D eigenvalue weighted by atomic mass is 79.9. The fraction of sp³-hybridized carbons (Fsp3) is 0.333. The topological polar surface area (TPSA) is 56.7 Å². The first kappa shape index (κ1) is 13.2. The van der Waals surface area contributed by atoms with E-state index in [1.54, 1.807) is 16.9 Å². The van der Waals surface area contributed by atoms with E-state index in [2.05, 4.69) is 26.0 Å². The molecule has 0 fully saturated rings. The fourth-order valence-corrected chi connectivity index (χ4v) is 2.38. The molecule has 0 aliphatic heterocycles. The van der Waals surface area contributed by atoms with Crippen LogP contribution in [-0.4, -0.2) is 14.8 Å². The molecule has 0 aliphatic carbocycles. The van der Waals surface area contributed by atoms with Gasteiger partial charge in [-0.05, 0) is 35.0 Å². The molecule has 6 heteroatoms. The lowest BCUT2D eigenvalue weighted by molar-refractivity contribution is 0.552. The Bertz CT molecular complexity index is 567. The van der Waals surface area contributed by atoms with Crippen molar-refractivity contribution in [1.82, 2.24) is 14.8 Å². The number of nitrogens with zero attached hydrogens (tertiary/aromatic N) is 3. The number of pyridine rings is 1. The molecule has 0 aliphatic rings. The number of hydrogen-bond donors (Lipinski definition) is 1. The summed E-state index contributed by atoms with van der Waals surface area (Å²) in [5.41, 5.74) is 8.12. The number of aromatic nitrogens is 3. The van der Waals surface area contributed by atoms with Gasteiger partial charge in [-0.2, -0.15) is 5.10 Å². The molecule has 0 bridgehead atoms. The summed E-state index contributed by atoms with van der Waals surface area (Å²) in [6.07, 6.45) is 2.02. The zero-order valence-electron chi connectivity index (χ0n) is 10.2. The van der Waals surface area contributed by atoms with E-state index in [9.17, 15) is 4.39 Å². The summed E-state index contributed by atoms with van der Waals surface area (Å²) in [4.78, 5) is 4.00. The van der Waals surface area contributed by atoms with E-state index in [0.29, 0.717) is 6.42 Å². The third-order valence-electron chi connectivity index (χ3n) is 2.81. The normalized spacial score (nSPS) is 12.7. The quantitative estimate of drug-likeness (QED) is 0.946. The van der Waals surface area contributed by atoms with Crippen LogP contribution < -0.4 is 5.73 Å². The number of hydrogen-bond acceptors (Lipinski definition) is 3. The van der Waals surface area contributed by atoms with E-state index >= 15 is 0 Å². The van der Waals surface area contributed by atoms with Gasteiger partial charge in [-0.25, -0.2) is 4.39 Å². The molecule has 2 rings (SSSR count). The Morgan fingerprint density at radius 1 is 1.56 bits per heavy atom. The molecule has 0 aromatic carbocycles. The second-order valence-electron chi connectivity index (χ2n) is 4.15. The van der Waals surface area contributed by atoms with Gasteiger partial charge < -0.3 is 5.73 Å². The van der Waals surface area contributed by atoms with Gasteiger partial charge in [0, 0.05) is 19.7 Å². The lowest BCUT2D eigenvalue weighted by Crippen LogP contribution is -2.18. The maximum Gasteiger partial charge on any atom is 0.146 e. The predicted molar refractivity (Wildman–Crippen MR) is 70.5 cm³/mol. The molecule has 1 unspecified atom stereocenters. The first-order valence-electron chi connectivity index (χ1n) is 5.54. The van der Waals surface area contributed by atoms with Crippen molar-refractivity contribution >= 4 is 15.9 Å². The van der Waals surface area contributed by atoms with Gasteiger partial charge in [0.2, 0.25) is 0 Å². The molecule has 2 aromatic rings. The van der Waals surface area contributed by atoms with Gasteiger partial charge in [0.25, 0.3) is 0 Å². The van der Waals surface area contributed by atoms with Crippen molar-refractivity contribution in [3.05, 3.63) is 45.7 Å². The summed E-state index contributed by atoms with van der Waals surface area (Å²) in [6, 6.07) is 2.43. The van der Waals surface area contributed by atoms with Gasteiger partial charge >= 0.3 is 0 Å². The number of rotatable bonds is 3. The highest BCUT2D eigenvalue weighted by Gasteiger charge is 2.18. The molecule has 2 aromatic heterocycles. The maximum absolute atomic E-state index is 13.6. The zero-order chi connectivity index (χ0) is 13.3. The van der Waals surface area contributed by atoms with Crippen molar-refractivity contribution in [3.8, 4) is 0 Å². The average molecular weight is 313 g/mol. The lowest BCUT2D eigenvalue weighted by atomic mass is 10.1. The Morgan fingerprint density at radius 2 is 2.28 bits per heavy atom. The first-order valence-corrected chi connectivity index (χ1v) is 6.34. The third-order valence-corrected chi connectivity index (χ3v) is 3.84. The fourth-order valence-electron chi connectivity index (χ4n) is 1.88. The maximum atomic E-state index is 13.6. The van der Waals surface area contributed by atoms with Gasteiger partial charge in [0.1, 0.15) is 5.82 Å². The molecular formula is C12H14BrFN4. The zero-order valence-corrected chi connectivity index (χ0v) is 11.8. The molecule has 0 amide bonds. The third kappa shape index (κ3) is 2.44. The molecule has 2 heterocycles. The van der Waals surface area contributed by atoms with Crippen LogP contribution in [0.5, 0.6) is 0 Å². The molecule has 0 saturated heterocycles. The second-order valence-corrected chi connectivity index (χ2v) is 4.94. The number of aryl methyl sites for hydroxylation is 2. The van der Waals surface area contributed by atoms with Crippen LogP contribution in [0.3, 0.4) is 0 Å². The van der Waals surface area contributed by atoms with E-state index in [0.717, 1.165) is 15.9 Å². The van der Waals surface area contributed by atoms with Gasteiger partial charge in [-0.15, -0.1) is 0 Å². The first-order chi connectivity index (χ1) is 8.50. The largest absolute Gasteiger partial charge is 0.322 e. The van der Waals surface area contributed by atoms with Crippen molar-refractivity contribution in [1.29, 1.82) is 0 Å². The Kier molecular flexibility index (Phi) is 3.77. The number of nitrogens with two attached hydrogens (primary N) is 1. The van der Waals surface area contributed by atoms with Crippen molar-refractivity contribution in [2.75, 3.05) is 0 Å². The minimum atomic E-state index is -0.489. The van der Waals surface area contributed by atoms with Crippen LogP contribution in [0.1, 0.15) is 23.1 Å². The van der Waals surface area contributed by atoms with Crippen molar-refractivity contribution in [3.63, 3.8) is 0 Å². The number of halogens is 2. The van der Waals surface area contributed by atoms with Crippen LogP contribution in [0.4, 0.5) is 4.39 Å². The molecule has 96 valence electrons. The Morgan fingerprint density at radius 3 is 2.83 bits per heavy atom. The molecule has 0 radical (unpaired) electrons. The van der Waals surface area contributed by atoms with E-state index < -0.39 is 6.04 Å². The van der Waals surface area contributed by atoms with E-state index in [1.165, 1.54) is 6.07 Å². The molecule has 1 atom stereocenters. The molecule has 0 saturated carbocycles. The average Bonchev–Trinajstić information content (AvgIpc) is 2.56. The minimum absolute atomic E-state index is 0.281. The molecule has 0 spiro atoms. The van der Waals surface area contributed by atoms with Gasteiger partial charge in [-0.1, -0.05) is 0 Å². The molecular weight excluding hydrogens is 299 g/mol. The van der Waals surface area contributed by atoms with E-state index in [-0.39, 0.29) is 11.5 Å². The minimum Gasteiger partial charge on any atom is -0.322 e. The summed E-state index contributed by atoms with van der Waals surface area (Å²) >= 11 is 3.47. The molecule has 2 N–H and O–H groups in total. The SMILES string of the molecule is Cc1nn(C)c(CC(N)c2ncccc2F)c1Br. The van der Waals surface area contributed by atoms with Gasteiger partial charge in [0.05, 0.1) is 27.6 Å². The van der Waals surface area contributed by atoms with E-state index in [4.69, 9.17) is 5.73 Å². The van der Waals surface area contributed by atoms with Crippen molar-refractivity contribution in [2.24, 2.45) is 12.8 Å². The van der Waals surface area contributed by atoms with Crippen LogP contribution in [0.2, 0.25) is 0 Å². The Labute approximate surface area is 113 Å². The van der Waals surface area contributed by atoms with Crippen LogP contribution in [-0.2, 0) is 13.5 Å². The van der Waals surface area contributed by atoms with Crippen molar-refractivity contribution < 1.29 is 4.39 Å². The molecule has 18 heavy (non-hydrogen) atoms. The van der Waals surface area contributed by atoms with Crippen molar-refractivity contribution in [2.45, 2.75) is 19.4 Å². The Hall–Kier alpha value is -1.27. The van der Waals surface area contributed by atoms with Crippen LogP contribution in [0.25, 0.3) is 0 Å². The lowest BCUT2D eigenvalue weighted by Gasteiger charge is -2.12. The van der Waals surface area contributed by atoms with Crippen LogP contribution in [0.15, 0.2) is 22.8 Å². The summed E-state index contributed by atoms with van der Waals surface area (Å²) in [5, 5.41) is 4.28. The van der Waals surface area contributed by atoms with Gasteiger partial charge in [-0.3, -0.25) is 9.67 Å². The predicted octanol–water partition coefficient (Wildman–Crippen LogP) is 2.27. The standard InChI is InChI=1S/C12H14BrFN4/c1-7-11(13)10(18(2)17-7)6-9(15)12-8(14)4-3-5-16-12/h3-5,9H,6,15H2,1-2H3. The monoisotopic (exact) mass is 312 g/mol. The molecule has 4 nitrogen and oxygen atoms in total. The van der Waals surface area contributed by atoms with Crippen LogP contribution >= 0.6 is 15.9 Å². The van der Waals surface area contributed by atoms with Crippen LogP contribution in [0, 0.1) is 12.7 Å². The second kappa shape index (κ2) is 5.16. The summed E-state index contributed by atoms with van der Waals surface area (Å²) in [6.45, 7) is 1.90. The summed E-state index contributed by atoms with van der Waals surface area (Å²) < 4.78 is 16.2. The highest BCUT2D eigenvalue weighted by Crippen LogP contribution is 2.25. The summed E-state index contributed by atoms with van der Waals surface area (Å²) in [7, 11) is 1.84. The van der Waals surface area contributed by atoms with Gasteiger partial charge in [0.15, 0.2) is 0 Å². The summed E-state index contributed by atoms with van der Waals surface area (Å²) in [5.74, 6) is -0.375.